The normalized spacial score (nSPS) is 13.2. The van der Waals surface area contributed by atoms with Crippen LogP contribution in [-0.4, -0.2) is 59.2 Å². The molecule has 1 heterocycles. The summed E-state index contributed by atoms with van der Waals surface area (Å²) >= 11 is 0. The van der Waals surface area contributed by atoms with Crippen LogP contribution in [0.25, 0.3) is 0 Å². The summed E-state index contributed by atoms with van der Waals surface area (Å²) in [6.07, 6.45) is 0.600. The number of anilines is 1. The molecule has 0 fully saturated rings. The van der Waals surface area contributed by atoms with Crippen LogP contribution in [0.4, 0.5) is 5.69 Å². The Balaban J connectivity index is 1.82. The van der Waals surface area contributed by atoms with Gasteiger partial charge in [-0.3, -0.25) is 4.79 Å². The van der Waals surface area contributed by atoms with Crippen molar-refractivity contribution in [3.05, 3.63) is 36.4 Å². The lowest BCUT2D eigenvalue weighted by molar-refractivity contribution is -0.116. The zero-order valence-electron chi connectivity index (χ0n) is 19.3. The van der Waals surface area contributed by atoms with Crippen molar-refractivity contribution < 1.29 is 32.2 Å². The lowest BCUT2D eigenvalue weighted by atomic mass is 10.1. The summed E-state index contributed by atoms with van der Waals surface area (Å²) < 4.78 is 49.5. The van der Waals surface area contributed by atoms with Crippen molar-refractivity contribution in [1.29, 1.82) is 0 Å². The standard InChI is InChI=1S/C23H30N2O7S/c1-16(2)9-10-25(15-23(26)24-19-7-5-17(29-3)13-21(19)30-4)33(27,28)18-6-8-20-22(14-18)32-12-11-31-20/h5-8,13-14,16H,9-12,15H2,1-4H3,(H,24,26). The van der Waals surface area contributed by atoms with Crippen LogP contribution < -0.4 is 24.3 Å². The van der Waals surface area contributed by atoms with Gasteiger partial charge in [-0.1, -0.05) is 13.8 Å². The first-order valence-corrected chi connectivity index (χ1v) is 12.1. The van der Waals surface area contributed by atoms with Crippen molar-refractivity contribution in [2.45, 2.75) is 25.2 Å². The number of hydrogen-bond donors (Lipinski definition) is 1. The number of carbonyl (C=O) groups is 1. The second-order valence-corrected chi connectivity index (χ2v) is 9.88. The molecule has 33 heavy (non-hydrogen) atoms. The van der Waals surface area contributed by atoms with Crippen LogP contribution in [0.1, 0.15) is 20.3 Å². The Morgan fingerprint density at radius 3 is 2.45 bits per heavy atom. The summed E-state index contributed by atoms with van der Waals surface area (Å²) in [4.78, 5) is 12.9. The molecule has 1 aliphatic heterocycles. The molecular weight excluding hydrogens is 448 g/mol. The first-order valence-electron chi connectivity index (χ1n) is 10.7. The van der Waals surface area contributed by atoms with Gasteiger partial charge in [0.25, 0.3) is 0 Å². The Kier molecular flexibility index (Phi) is 8.04. The Morgan fingerprint density at radius 2 is 1.79 bits per heavy atom. The van der Waals surface area contributed by atoms with E-state index in [9.17, 15) is 13.2 Å². The molecule has 1 aliphatic rings. The van der Waals surface area contributed by atoms with Crippen molar-refractivity contribution in [2.75, 3.05) is 45.8 Å². The zero-order valence-corrected chi connectivity index (χ0v) is 20.1. The van der Waals surface area contributed by atoms with Gasteiger partial charge in [-0.2, -0.15) is 4.31 Å². The number of hydrogen-bond acceptors (Lipinski definition) is 7. The van der Waals surface area contributed by atoms with Crippen LogP contribution in [0.15, 0.2) is 41.3 Å². The Bertz CT molecular complexity index is 1090. The van der Waals surface area contributed by atoms with E-state index in [0.717, 1.165) is 0 Å². The molecular formula is C23H30N2O7S. The van der Waals surface area contributed by atoms with E-state index in [1.165, 1.54) is 30.7 Å². The lowest BCUT2D eigenvalue weighted by Crippen LogP contribution is -2.39. The summed E-state index contributed by atoms with van der Waals surface area (Å²) in [7, 11) is -0.950. The minimum Gasteiger partial charge on any atom is -0.497 e. The summed E-state index contributed by atoms with van der Waals surface area (Å²) in [5, 5.41) is 2.73. The van der Waals surface area contributed by atoms with Gasteiger partial charge in [-0.15, -0.1) is 0 Å². The molecule has 9 nitrogen and oxygen atoms in total. The van der Waals surface area contributed by atoms with E-state index in [2.05, 4.69) is 5.32 Å². The van der Waals surface area contributed by atoms with Crippen molar-refractivity contribution in [1.82, 2.24) is 4.31 Å². The third-order valence-corrected chi connectivity index (χ3v) is 6.95. The number of ether oxygens (including phenoxy) is 4. The summed E-state index contributed by atoms with van der Waals surface area (Å²) in [6, 6.07) is 9.44. The van der Waals surface area contributed by atoms with Crippen LogP contribution in [-0.2, 0) is 14.8 Å². The van der Waals surface area contributed by atoms with E-state index >= 15 is 0 Å². The number of carbonyl (C=O) groups excluding carboxylic acids is 1. The molecule has 0 aromatic heterocycles. The largest absolute Gasteiger partial charge is 0.497 e. The highest BCUT2D eigenvalue weighted by Gasteiger charge is 2.28. The smallest absolute Gasteiger partial charge is 0.243 e. The monoisotopic (exact) mass is 478 g/mol. The van der Waals surface area contributed by atoms with E-state index in [1.807, 2.05) is 13.8 Å². The van der Waals surface area contributed by atoms with Gasteiger partial charge in [0.2, 0.25) is 15.9 Å². The molecule has 0 spiro atoms. The third-order valence-electron chi connectivity index (χ3n) is 5.11. The van der Waals surface area contributed by atoms with Crippen molar-refractivity contribution >= 4 is 21.6 Å². The van der Waals surface area contributed by atoms with E-state index in [1.54, 1.807) is 24.3 Å². The Hall–Kier alpha value is -2.98. The second kappa shape index (κ2) is 10.8. The summed E-state index contributed by atoms with van der Waals surface area (Å²) in [6.45, 7) is 4.60. The van der Waals surface area contributed by atoms with E-state index in [4.69, 9.17) is 18.9 Å². The predicted molar refractivity (Wildman–Crippen MR) is 124 cm³/mol. The maximum Gasteiger partial charge on any atom is 0.243 e. The minimum atomic E-state index is -3.96. The van der Waals surface area contributed by atoms with Crippen molar-refractivity contribution in [3.8, 4) is 23.0 Å². The van der Waals surface area contributed by atoms with Gasteiger partial charge in [-0.05, 0) is 36.6 Å². The fraction of sp³-hybridized carbons (Fsp3) is 0.435. The molecule has 0 bridgehead atoms. The average Bonchev–Trinajstić information content (AvgIpc) is 2.81. The molecule has 180 valence electrons. The summed E-state index contributed by atoms with van der Waals surface area (Å²) in [5.74, 6) is 1.63. The number of benzene rings is 2. The Morgan fingerprint density at radius 1 is 1.06 bits per heavy atom. The van der Waals surface area contributed by atoms with Crippen LogP contribution >= 0.6 is 0 Å². The van der Waals surface area contributed by atoms with E-state index < -0.39 is 15.9 Å². The second-order valence-electron chi connectivity index (χ2n) is 7.94. The number of methoxy groups -OCH3 is 2. The van der Waals surface area contributed by atoms with Crippen molar-refractivity contribution in [2.24, 2.45) is 5.92 Å². The van der Waals surface area contributed by atoms with Gasteiger partial charge in [-0.25, -0.2) is 8.42 Å². The topological polar surface area (TPSA) is 103 Å². The molecule has 2 aromatic carbocycles. The molecule has 1 amide bonds. The molecule has 0 radical (unpaired) electrons. The maximum absolute atomic E-state index is 13.4. The van der Waals surface area contributed by atoms with Gasteiger partial charge in [0.1, 0.15) is 24.7 Å². The molecule has 0 saturated carbocycles. The lowest BCUT2D eigenvalue weighted by Gasteiger charge is -2.24. The number of fused-ring (bicyclic) bond motifs is 1. The fourth-order valence-corrected chi connectivity index (χ4v) is 4.70. The quantitative estimate of drug-likeness (QED) is 0.559. The first-order chi connectivity index (χ1) is 15.7. The fourth-order valence-electron chi connectivity index (χ4n) is 3.27. The third kappa shape index (κ3) is 6.08. The highest BCUT2D eigenvalue weighted by molar-refractivity contribution is 7.89. The molecule has 0 atom stereocenters. The number of nitrogens with one attached hydrogen (secondary N) is 1. The molecule has 0 unspecified atom stereocenters. The Labute approximate surface area is 194 Å². The summed E-state index contributed by atoms with van der Waals surface area (Å²) in [5.41, 5.74) is 0.420. The van der Waals surface area contributed by atoms with Gasteiger partial charge in [0.05, 0.1) is 31.3 Å². The van der Waals surface area contributed by atoms with Crippen LogP contribution in [0, 0.1) is 5.92 Å². The number of rotatable bonds is 10. The van der Waals surface area contributed by atoms with Gasteiger partial charge in [0.15, 0.2) is 11.5 Å². The number of nitrogens with zero attached hydrogens (tertiary/aromatic N) is 1. The number of amides is 1. The SMILES string of the molecule is COc1ccc(NC(=O)CN(CCC(C)C)S(=O)(=O)c2ccc3c(c2)OCCO3)c(OC)c1. The number of sulfonamides is 1. The van der Waals surface area contributed by atoms with Crippen LogP contribution in [0.5, 0.6) is 23.0 Å². The molecule has 0 aliphatic carbocycles. The zero-order chi connectivity index (χ0) is 24.0. The van der Waals surface area contributed by atoms with E-state index in [-0.39, 0.29) is 23.9 Å². The predicted octanol–water partition coefficient (Wildman–Crippen LogP) is 3.15. The molecule has 3 rings (SSSR count). The molecule has 0 saturated heterocycles. The highest BCUT2D eigenvalue weighted by atomic mass is 32.2. The van der Waals surface area contributed by atoms with Gasteiger partial charge < -0.3 is 24.3 Å². The highest BCUT2D eigenvalue weighted by Crippen LogP contribution is 2.33. The molecule has 10 heteroatoms. The van der Waals surface area contributed by atoms with Gasteiger partial charge in [0, 0.05) is 18.7 Å². The van der Waals surface area contributed by atoms with E-state index in [0.29, 0.717) is 48.3 Å². The van der Waals surface area contributed by atoms with Crippen LogP contribution in [0.2, 0.25) is 0 Å². The van der Waals surface area contributed by atoms with Crippen LogP contribution in [0.3, 0.4) is 0 Å². The maximum atomic E-state index is 13.4. The first kappa shape index (κ1) is 24.7. The van der Waals surface area contributed by atoms with Gasteiger partial charge >= 0.3 is 0 Å². The average molecular weight is 479 g/mol. The molecule has 1 N–H and O–H groups in total. The molecule has 2 aromatic rings. The minimum absolute atomic E-state index is 0.0466. The van der Waals surface area contributed by atoms with Crippen molar-refractivity contribution in [3.63, 3.8) is 0 Å².